The van der Waals surface area contributed by atoms with Gasteiger partial charge in [0, 0.05) is 59.9 Å². The molecule has 3 aromatic carbocycles. The molecule has 0 unspecified atom stereocenters. The number of aliphatic hydroxyl groups is 6. The topological polar surface area (TPSA) is 292 Å². The summed E-state index contributed by atoms with van der Waals surface area (Å²) in [5.74, 6) is -3.36. The number of amides is 1. The normalized spacial score (nSPS) is 30.8. The molecule has 0 spiro atoms. The lowest BCUT2D eigenvalue weighted by molar-refractivity contribution is -0.323. The maximum absolute atomic E-state index is 14.6. The molecule has 0 saturated carbocycles. The smallest absolute Gasteiger partial charge is 0.242 e. The minimum absolute atomic E-state index is 0.0358. The molecule has 2 bridgehead atoms. The molecule has 1 aliphatic carbocycles. The largest absolute Gasteiger partial charge is 0.498 e. The molecule has 4 heterocycles. The molecule has 0 aromatic heterocycles. The van der Waals surface area contributed by atoms with Crippen molar-refractivity contribution in [1.82, 2.24) is 16.0 Å². The van der Waals surface area contributed by atoms with Crippen molar-refractivity contribution in [2.45, 2.75) is 80.0 Å². The van der Waals surface area contributed by atoms with E-state index < -0.39 is 105 Å². The molecule has 324 valence electrons. The molecule has 8 rings (SSSR count). The van der Waals surface area contributed by atoms with Crippen LogP contribution in [0.5, 0.6) is 11.5 Å². The molecule has 10 atom stereocenters. The first-order valence-corrected chi connectivity index (χ1v) is 19.9. The summed E-state index contributed by atoms with van der Waals surface area (Å²) in [5.41, 5.74) is 4.88. The molecular formula is C42H47N5O14. The molecular weight excluding hydrogens is 798 g/mol. The molecule has 0 radical (unpaired) electrons. The second-order valence-corrected chi connectivity index (χ2v) is 15.5. The van der Waals surface area contributed by atoms with Crippen LogP contribution < -0.4 is 36.1 Å². The Labute approximate surface area is 348 Å². The van der Waals surface area contributed by atoms with Crippen molar-refractivity contribution in [3.05, 3.63) is 99.8 Å². The number of aliphatic hydroxyl groups excluding tert-OH is 5. The van der Waals surface area contributed by atoms with Gasteiger partial charge in [0.1, 0.15) is 56.3 Å². The van der Waals surface area contributed by atoms with Crippen molar-refractivity contribution in [3.8, 4) is 11.5 Å². The van der Waals surface area contributed by atoms with Crippen molar-refractivity contribution >= 4 is 29.4 Å². The summed E-state index contributed by atoms with van der Waals surface area (Å²) in [4.78, 5) is 55.6. The molecule has 3 aromatic rings. The van der Waals surface area contributed by atoms with Crippen LogP contribution in [0, 0.1) is 0 Å². The average Bonchev–Trinajstić information content (AvgIpc) is 3.66. The summed E-state index contributed by atoms with van der Waals surface area (Å²) < 4.78 is 25.1. The number of benzene rings is 3. The summed E-state index contributed by atoms with van der Waals surface area (Å²) >= 11 is 0. The fraction of sp³-hybridized carbons (Fsp3) is 0.429. The molecule has 3 saturated heterocycles. The first-order chi connectivity index (χ1) is 29.4. The summed E-state index contributed by atoms with van der Waals surface area (Å²) in [5, 5.41) is 75.3. The van der Waals surface area contributed by atoms with E-state index in [2.05, 4.69) is 16.0 Å². The van der Waals surface area contributed by atoms with Crippen molar-refractivity contribution in [1.29, 1.82) is 0 Å². The maximum Gasteiger partial charge on any atom is 0.242 e. The number of carbonyl (C=O) groups excluding carboxylic acids is 4. The number of para-hydroxylation sites is 1. The summed E-state index contributed by atoms with van der Waals surface area (Å²) in [6.07, 6.45) is -9.15. The molecule has 19 nitrogen and oxygen atoms in total. The van der Waals surface area contributed by atoms with Gasteiger partial charge in [-0.15, -0.1) is 0 Å². The van der Waals surface area contributed by atoms with Crippen LogP contribution in [-0.4, -0.2) is 142 Å². The van der Waals surface area contributed by atoms with Crippen LogP contribution in [0.1, 0.15) is 68.2 Å². The molecule has 61 heavy (non-hydrogen) atoms. The number of nitrogens with one attached hydrogen (secondary N) is 3. The van der Waals surface area contributed by atoms with Crippen LogP contribution in [0.15, 0.2) is 66.4 Å². The third-order valence-electron chi connectivity index (χ3n) is 11.8. The van der Waals surface area contributed by atoms with Crippen LogP contribution in [0.25, 0.3) is 0 Å². The van der Waals surface area contributed by atoms with E-state index in [-0.39, 0.29) is 64.7 Å². The van der Waals surface area contributed by atoms with E-state index in [1.807, 2.05) is 4.90 Å². The van der Waals surface area contributed by atoms with Crippen molar-refractivity contribution in [2.75, 3.05) is 38.0 Å². The van der Waals surface area contributed by atoms with Gasteiger partial charge >= 0.3 is 0 Å². The lowest BCUT2D eigenvalue weighted by atomic mass is 9.77. The average molecular weight is 846 g/mol. The van der Waals surface area contributed by atoms with Gasteiger partial charge in [-0.1, -0.05) is 42.5 Å². The van der Waals surface area contributed by atoms with Crippen LogP contribution in [-0.2, 0) is 19.1 Å². The Hall–Kier alpha value is -5.32. The Morgan fingerprint density at radius 1 is 1.00 bits per heavy atom. The highest BCUT2D eigenvalue weighted by Gasteiger charge is 2.57. The second kappa shape index (κ2) is 17.2. The van der Waals surface area contributed by atoms with E-state index in [9.17, 15) is 49.8 Å². The van der Waals surface area contributed by atoms with Crippen LogP contribution in [0.3, 0.4) is 0 Å². The molecule has 19 heteroatoms. The Balaban J connectivity index is 1.43. The SMILES string of the molecule is N[C@@H]1NC(=O)[C@@H]2NCN(c3ccccc3[C@H]3/C(CCO)=C/OC[C@@H]4O[C@H](Oc5c3cc3c(c5OC[C@H](O)CC=O)C(=O)c5ccccc5C3=O)[C@](O)(CCO)[C@H](O)[C@H]4O)[C@H]2N1. The number of hydrogen-bond donors (Lipinski definition) is 10. The van der Waals surface area contributed by atoms with Crippen LogP contribution in [0.4, 0.5) is 5.69 Å². The standard InChI is InChI=1S/C42H47N5O14/c43-41-45-38-31(39(56)46-41)44-19-47(38)27-8-4-3-7-24(27)29-20(9-12-48)16-58-18-28-34(54)37(55)42(57,11-14-50)40(60-28)61-35-26(29)15-25-30(36(35)59-17-21(51)10-13-49)33(53)23-6-2-1-5-22(23)32(25)52/h1-8,13,15-16,21,28-29,31,34,37-38,40-41,44-45,48,50-51,54-55,57H,9-12,14,17-19,43H2,(H,46,56)/b20-16+/t21-,28+,29-,31-,34+,37-,38-,40-,41+,42+/m1/s1. The summed E-state index contributed by atoms with van der Waals surface area (Å²) in [7, 11) is 0. The predicted molar refractivity (Wildman–Crippen MR) is 211 cm³/mol. The lowest BCUT2D eigenvalue weighted by Crippen LogP contribution is -2.70. The fourth-order valence-electron chi connectivity index (χ4n) is 8.79. The third-order valence-corrected chi connectivity index (χ3v) is 11.8. The zero-order valence-corrected chi connectivity index (χ0v) is 32.7. The maximum atomic E-state index is 14.6. The van der Waals surface area contributed by atoms with E-state index in [0.717, 1.165) is 0 Å². The van der Waals surface area contributed by atoms with Gasteiger partial charge in [0.25, 0.3) is 0 Å². The lowest BCUT2D eigenvalue weighted by Gasteiger charge is -2.47. The molecule has 3 fully saturated rings. The van der Waals surface area contributed by atoms with Gasteiger partial charge in [-0.05, 0) is 29.7 Å². The molecule has 5 aliphatic rings. The minimum atomic E-state index is -2.51. The van der Waals surface area contributed by atoms with Gasteiger partial charge < -0.3 is 64.6 Å². The number of anilines is 1. The van der Waals surface area contributed by atoms with Gasteiger partial charge in [-0.25, -0.2) is 0 Å². The summed E-state index contributed by atoms with van der Waals surface area (Å²) in [6.45, 7) is -1.97. The Morgan fingerprint density at radius 2 is 1.74 bits per heavy atom. The number of ketones is 2. The van der Waals surface area contributed by atoms with Crippen LogP contribution in [0.2, 0.25) is 0 Å². The highest BCUT2D eigenvalue weighted by atomic mass is 16.7. The number of ether oxygens (including phenoxy) is 4. The molecule has 1 amide bonds. The molecule has 11 N–H and O–H groups in total. The Bertz CT molecular complexity index is 2240. The zero-order chi connectivity index (χ0) is 43.2. The van der Waals surface area contributed by atoms with Crippen molar-refractivity contribution in [2.24, 2.45) is 5.73 Å². The number of hydrogen-bond acceptors (Lipinski definition) is 18. The number of nitrogens with two attached hydrogens (primary N) is 1. The van der Waals surface area contributed by atoms with E-state index in [1.54, 1.807) is 36.4 Å². The number of nitrogens with zero attached hydrogens (tertiary/aromatic N) is 1. The van der Waals surface area contributed by atoms with Gasteiger partial charge in [-0.2, -0.15) is 0 Å². The predicted octanol–water partition coefficient (Wildman–Crippen LogP) is -1.82. The Kier molecular flexibility index (Phi) is 12.0. The number of rotatable bonds is 11. The van der Waals surface area contributed by atoms with Crippen LogP contribution >= 0.6 is 0 Å². The number of carbonyl (C=O) groups is 4. The van der Waals surface area contributed by atoms with E-state index >= 15 is 0 Å². The minimum Gasteiger partial charge on any atom is -0.498 e. The zero-order valence-electron chi connectivity index (χ0n) is 32.7. The highest BCUT2D eigenvalue weighted by molar-refractivity contribution is 6.29. The first-order valence-electron chi connectivity index (χ1n) is 19.9. The van der Waals surface area contributed by atoms with Crippen molar-refractivity contribution in [3.63, 3.8) is 0 Å². The second-order valence-electron chi connectivity index (χ2n) is 15.5. The van der Waals surface area contributed by atoms with E-state index in [1.165, 1.54) is 24.5 Å². The van der Waals surface area contributed by atoms with Crippen molar-refractivity contribution < 1.29 is 68.8 Å². The first kappa shape index (κ1) is 42.4. The van der Waals surface area contributed by atoms with Gasteiger partial charge in [0.15, 0.2) is 28.7 Å². The number of aldehydes is 1. The third kappa shape index (κ3) is 7.45. The van der Waals surface area contributed by atoms with Gasteiger partial charge in [-0.3, -0.25) is 30.8 Å². The monoisotopic (exact) mass is 845 g/mol. The number of fused-ring (bicyclic) bond motifs is 6. The quantitative estimate of drug-likeness (QED) is 0.0744. The summed E-state index contributed by atoms with van der Waals surface area (Å²) in [6, 6.07) is 13.9. The van der Waals surface area contributed by atoms with E-state index in [0.29, 0.717) is 23.1 Å². The van der Waals surface area contributed by atoms with E-state index in [4.69, 9.17) is 24.7 Å². The Morgan fingerprint density at radius 3 is 2.48 bits per heavy atom. The molecule has 4 aliphatic heterocycles. The van der Waals surface area contributed by atoms with Gasteiger partial charge in [0.05, 0.1) is 24.6 Å². The highest BCUT2D eigenvalue weighted by Crippen LogP contribution is 2.52. The fourth-order valence-corrected chi connectivity index (χ4v) is 8.79. The van der Waals surface area contributed by atoms with Gasteiger partial charge in [0.2, 0.25) is 12.2 Å².